The Morgan fingerprint density at radius 3 is 1.45 bits per heavy atom. The lowest BCUT2D eigenvalue weighted by Crippen LogP contribution is -2.02. The molecule has 0 heterocycles. The highest BCUT2D eigenvalue weighted by Gasteiger charge is 2.19. The van der Waals surface area contributed by atoms with Crippen molar-refractivity contribution in [3.05, 3.63) is 57.6 Å². The van der Waals surface area contributed by atoms with Crippen molar-refractivity contribution in [3.63, 3.8) is 0 Å². The van der Waals surface area contributed by atoms with Gasteiger partial charge < -0.3 is 10.2 Å². The molecule has 2 N–H and O–H groups in total. The van der Waals surface area contributed by atoms with Gasteiger partial charge in [-0.1, -0.05) is 45.0 Å². The van der Waals surface area contributed by atoms with Crippen LogP contribution in [0, 0.1) is 13.8 Å². The van der Waals surface area contributed by atoms with Crippen LogP contribution < -0.4 is 0 Å². The summed E-state index contributed by atoms with van der Waals surface area (Å²) in [7, 11) is 0. The van der Waals surface area contributed by atoms with Crippen molar-refractivity contribution in [2.75, 3.05) is 0 Å². The standard InChI is InChI=1S/C20H26O2/c1-6-15-8-12(3)19(21)17(10-15)14(5)18-11-16(7-2)9-13(4)20(18)22/h8-11,14,21-22H,6-7H2,1-5H3. The third kappa shape index (κ3) is 2.96. The minimum Gasteiger partial charge on any atom is -0.507 e. The zero-order valence-corrected chi connectivity index (χ0v) is 14.2. The summed E-state index contributed by atoms with van der Waals surface area (Å²) >= 11 is 0. The van der Waals surface area contributed by atoms with Gasteiger partial charge in [-0.25, -0.2) is 0 Å². The van der Waals surface area contributed by atoms with Gasteiger partial charge in [-0.2, -0.15) is 0 Å². The van der Waals surface area contributed by atoms with E-state index in [0.717, 1.165) is 35.1 Å². The fourth-order valence-electron chi connectivity index (χ4n) is 3.00. The molecule has 0 fully saturated rings. The SMILES string of the molecule is CCc1cc(C)c(O)c(C(C)c2cc(CC)cc(C)c2O)c1. The van der Waals surface area contributed by atoms with Crippen LogP contribution in [0.1, 0.15) is 60.1 Å². The highest BCUT2D eigenvalue weighted by atomic mass is 16.3. The fourth-order valence-corrected chi connectivity index (χ4v) is 3.00. The Labute approximate surface area is 133 Å². The van der Waals surface area contributed by atoms with Gasteiger partial charge in [0, 0.05) is 17.0 Å². The minimum absolute atomic E-state index is 0.0459. The van der Waals surface area contributed by atoms with Crippen molar-refractivity contribution in [1.29, 1.82) is 0 Å². The molecule has 2 rings (SSSR count). The lowest BCUT2D eigenvalue weighted by atomic mass is 9.87. The van der Waals surface area contributed by atoms with Gasteiger partial charge in [0.1, 0.15) is 11.5 Å². The number of rotatable bonds is 4. The molecule has 0 aliphatic rings. The summed E-state index contributed by atoms with van der Waals surface area (Å²) in [6.07, 6.45) is 1.86. The maximum atomic E-state index is 10.5. The number of benzene rings is 2. The fraction of sp³-hybridized carbons (Fsp3) is 0.400. The van der Waals surface area contributed by atoms with Crippen LogP contribution in [0.5, 0.6) is 11.5 Å². The highest BCUT2D eigenvalue weighted by molar-refractivity contribution is 5.53. The third-order valence-electron chi connectivity index (χ3n) is 4.53. The van der Waals surface area contributed by atoms with E-state index in [4.69, 9.17) is 0 Å². The zero-order valence-electron chi connectivity index (χ0n) is 14.2. The van der Waals surface area contributed by atoms with Gasteiger partial charge in [-0.15, -0.1) is 0 Å². The van der Waals surface area contributed by atoms with Gasteiger partial charge in [0.2, 0.25) is 0 Å². The van der Waals surface area contributed by atoms with Crippen molar-refractivity contribution in [3.8, 4) is 11.5 Å². The molecule has 22 heavy (non-hydrogen) atoms. The van der Waals surface area contributed by atoms with E-state index in [1.54, 1.807) is 0 Å². The Hall–Kier alpha value is -1.96. The summed E-state index contributed by atoms with van der Waals surface area (Å²) in [5.74, 6) is 0.628. The molecule has 0 atom stereocenters. The van der Waals surface area contributed by atoms with E-state index >= 15 is 0 Å². The van der Waals surface area contributed by atoms with Crippen LogP contribution in [-0.4, -0.2) is 10.2 Å². The van der Waals surface area contributed by atoms with Crippen LogP contribution in [0.4, 0.5) is 0 Å². The number of hydrogen-bond acceptors (Lipinski definition) is 2. The molecule has 2 nitrogen and oxygen atoms in total. The Morgan fingerprint density at radius 2 is 1.14 bits per heavy atom. The first-order valence-electron chi connectivity index (χ1n) is 8.03. The number of hydrogen-bond donors (Lipinski definition) is 2. The topological polar surface area (TPSA) is 40.5 Å². The van der Waals surface area contributed by atoms with Crippen LogP contribution >= 0.6 is 0 Å². The third-order valence-corrected chi connectivity index (χ3v) is 4.53. The van der Waals surface area contributed by atoms with Crippen LogP contribution in [0.25, 0.3) is 0 Å². The van der Waals surface area contributed by atoms with E-state index in [1.807, 2.05) is 32.9 Å². The number of phenolic OH excluding ortho intramolecular Hbond substituents is 2. The first kappa shape index (κ1) is 16.4. The van der Waals surface area contributed by atoms with Crippen molar-refractivity contribution >= 4 is 0 Å². The van der Waals surface area contributed by atoms with E-state index in [-0.39, 0.29) is 5.92 Å². The maximum Gasteiger partial charge on any atom is 0.122 e. The van der Waals surface area contributed by atoms with Crippen LogP contribution in [0.15, 0.2) is 24.3 Å². The van der Waals surface area contributed by atoms with Gasteiger partial charge in [-0.3, -0.25) is 0 Å². The molecule has 0 aromatic heterocycles. The van der Waals surface area contributed by atoms with Crippen molar-refractivity contribution in [2.24, 2.45) is 0 Å². The number of aryl methyl sites for hydroxylation is 4. The Morgan fingerprint density at radius 1 is 0.773 bits per heavy atom. The van der Waals surface area contributed by atoms with Gasteiger partial charge in [0.25, 0.3) is 0 Å². The molecular formula is C20H26O2. The molecule has 0 aliphatic carbocycles. The molecule has 2 aromatic rings. The summed E-state index contributed by atoms with van der Waals surface area (Å²) in [5, 5.41) is 20.9. The summed E-state index contributed by atoms with van der Waals surface area (Å²) in [6, 6.07) is 8.17. The van der Waals surface area contributed by atoms with Gasteiger partial charge in [0.05, 0.1) is 0 Å². The zero-order chi connectivity index (χ0) is 16.4. The Kier molecular flexibility index (Phi) is 4.80. The molecule has 0 unspecified atom stereocenters. The summed E-state index contributed by atoms with van der Waals surface area (Å²) in [5.41, 5.74) is 5.98. The molecule has 0 saturated carbocycles. The first-order chi connectivity index (χ1) is 10.4. The number of aromatic hydroxyl groups is 2. The summed E-state index contributed by atoms with van der Waals surface area (Å²) in [6.45, 7) is 10.1. The van der Waals surface area contributed by atoms with Crippen molar-refractivity contribution in [1.82, 2.24) is 0 Å². The normalized spacial score (nSPS) is 11.2. The molecule has 0 amide bonds. The second-order valence-electron chi connectivity index (χ2n) is 6.13. The van der Waals surface area contributed by atoms with E-state index in [9.17, 15) is 10.2 Å². The maximum absolute atomic E-state index is 10.5. The van der Waals surface area contributed by atoms with E-state index < -0.39 is 0 Å². The largest absolute Gasteiger partial charge is 0.507 e. The quantitative estimate of drug-likeness (QED) is 0.834. The van der Waals surface area contributed by atoms with Crippen LogP contribution in [0.3, 0.4) is 0 Å². The first-order valence-corrected chi connectivity index (χ1v) is 8.03. The van der Waals surface area contributed by atoms with Crippen LogP contribution in [-0.2, 0) is 12.8 Å². The molecule has 0 saturated heterocycles. The second-order valence-corrected chi connectivity index (χ2v) is 6.13. The monoisotopic (exact) mass is 298 g/mol. The van der Waals surface area contributed by atoms with Gasteiger partial charge in [-0.05, 0) is 48.9 Å². The molecule has 0 bridgehead atoms. The second kappa shape index (κ2) is 6.43. The van der Waals surface area contributed by atoms with Crippen molar-refractivity contribution in [2.45, 2.75) is 53.4 Å². The van der Waals surface area contributed by atoms with E-state index in [0.29, 0.717) is 11.5 Å². The van der Waals surface area contributed by atoms with Crippen molar-refractivity contribution < 1.29 is 10.2 Å². The molecule has 2 aromatic carbocycles. The lowest BCUT2D eigenvalue weighted by molar-refractivity contribution is 0.452. The molecule has 2 heteroatoms. The number of phenols is 2. The Bertz CT molecular complexity index is 627. The average molecular weight is 298 g/mol. The Balaban J connectivity index is 2.59. The minimum atomic E-state index is -0.0459. The highest BCUT2D eigenvalue weighted by Crippen LogP contribution is 2.39. The van der Waals surface area contributed by atoms with Crippen LogP contribution in [0.2, 0.25) is 0 Å². The van der Waals surface area contributed by atoms with Gasteiger partial charge >= 0.3 is 0 Å². The lowest BCUT2D eigenvalue weighted by Gasteiger charge is -2.20. The predicted molar refractivity (Wildman–Crippen MR) is 92.0 cm³/mol. The predicted octanol–water partition coefficient (Wildman–Crippen LogP) is 4.99. The molecule has 0 spiro atoms. The smallest absolute Gasteiger partial charge is 0.122 e. The molecule has 0 aliphatic heterocycles. The average Bonchev–Trinajstić information content (AvgIpc) is 2.51. The molecule has 118 valence electrons. The van der Waals surface area contributed by atoms with Gasteiger partial charge in [0.15, 0.2) is 0 Å². The molecule has 0 radical (unpaired) electrons. The van der Waals surface area contributed by atoms with E-state index in [1.165, 1.54) is 11.1 Å². The van der Waals surface area contributed by atoms with E-state index in [2.05, 4.69) is 26.0 Å². The molecular weight excluding hydrogens is 272 g/mol. The summed E-state index contributed by atoms with van der Waals surface area (Å²) < 4.78 is 0. The summed E-state index contributed by atoms with van der Waals surface area (Å²) in [4.78, 5) is 0.